The number of aromatic nitrogens is 1. The van der Waals surface area contributed by atoms with Gasteiger partial charge in [0.1, 0.15) is 22.3 Å². The maximum atomic E-state index is 12.1. The molecular formula is C18H18N4O4S. The summed E-state index contributed by atoms with van der Waals surface area (Å²) in [5.74, 6) is -0.0928. The van der Waals surface area contributed by atoms with Crippen molar-refractivity contribution in [3.63, 3.8) is 0 Å². The maximum Gasteiger partial charge on any atom is 0.322 e. The van der Waals surface area contributed by atoms with Crippen LogP contribution in [0.4, 0.5) is 4.79 Å². The average Bonchev–Trinajstić information content (AvgIpc) is 3.15. The van der Waals surface area contributed by atoms with Crippen LogP contribution in [0.25, 0.3) is 16.7 Å². The molecule has 1 fully saturated rings. The Labute approximate surface area is 157 Å². The van der Waals surface area contributed by atoms with E-state index in [1.165, 1.54) is 0 Å². The molecule has 0 saturated carbocycles. The minimum Gasteiger partial charge on any atom is -0.456 e. The lowest BCUT2D eigenvalue weighted by Crippen LogP contribution is -2.40. The monoisotopic (exact) mass is 386 g/mol. The fraction of sp³-hybridized carbons (Fsp3) is 0.278. The molecule has 3 unspecified atom stereocenters. The van der Waals surface area contributed by atoms with Gasteiger partial charge in [-0.15, -0.1) is 0 Å². The summed E-state index contributed by atoms with van der Waals surface area (Å²) in [6.07, 6.45) is 4.33. The first-order valence-electron chi connectivity index (χ1n) is 8.40. The number of pyridine rings is 1. The fourth-order valence-corrected chi connectivity index (χ4v) is 4.05. The summed E-state index contributed by atoms with van der Waals surface area (Å²) in [7, 11) is -1.48. The maximum absolute atomic E-state index is 12.1. The van der Waals surface area contributed by atoms with E-state index in [2.05, 4.69) is 15.6 Å². The number of carbonyl (C=O) groups excluding carboxylic acids is 2. The summed E-state index contributed by atoms with van der Waals surface area (Å²) in [6.45, 7) is 3.55. The molecule has 2 aromatic heterocycles. The van der Waals surface area contributed by atoms with Crippen LogP contribution in [0.2, 0.25) is 0 Å². The molecule has 1 saturated heterocycles. The van der Waals surface area contributed by atoms with Crippen molar-refractivity contribution in [3.8, 4) is 0 Å². The van der Waals surface area contributed by atoms with Crippen LogP contribution in [0.15, 0.2) is 39.7 Å². The molecule has 8 nitrogen and oxygen atoms in total. The molecule has 3 amide bonds. The number of nitrogens with zero attached hydrogens (tertiary/aromatic N) is 1. The third kappa shape index (κ3) is 2.88. The van der Waals surface area contributed by atoms with Gasteiger partial charge in [0.2, 0.25) is 0 Å². The van der Waals surface area contributed by atoms with Gasteiger partial charge in [-0.1, -0.05) is 13.0 Å². The Hall–Kier alpha value is -2.78. The Morgan fingerprint density at radius 1 is 1.33 bits per heavy atom. The second-order valence-electron chi connectivity index (χ2n) is 6.89. The van der Waals surface area contributed by atoms with E-state index in [-0.39, 0.29) is 5.92 Å². The number of furan rings is 1. The molecular weight excluding hydrogens is 368 g/mol. The molecule has 1 aliphatic carbocycles. The summed E-state index contributed by atoms with van der Waals surface area (Å²) >= 11 is 0. The first kappa shape index (κ1) is 17.6. The van der Waals surface area contributed by atoms with Crippen LogP contribution in [0.5, 0.6) is 0 Å². The minimum absolute atomic E-state index is 0.0598. The molecule has 0 spiro atoms. The SMILES string of the molecule is CC1CC(c2ccc3oc(C4(C)NC(=O)NC4=O)cc3n2)=CC=C1S(N)=O. The molecule has 0 radical (unpaired) electrons. The fourth-order valence-electron chi connectivity index (χ4n) is 3.37. The Morgan fingerprint density at radius 3 is 2.74 bits per heavy atom. The van der Waals surface area contributed by atoms with Gasteiger partial charge in [-0.2, -0.15) is 0 Å². The topological polar surface area (TPSA) is 127 Å². The van der Waals surface area contributed by atoms with Crippen LogP contribution in [0.1, 0.15) is 31.7 Å². The van der Waals surface area contributed by atoms with E-state index in [1.54, 1.807) is 25.1 Å². The third-order valence-electron chi connectivity index (χ3n) is 4.93. The standard InChI is InChI=1S/C18H18N4O4S/c1-9-7-10(3-6-14(9)27(19)25)11-4-5-13-12(20-11)8-15(26-13)18(2)16(23)21-17(24)22-18/h3-6,8-9H,7,19H2,1-2H3,(H2,21,22,23,24). The van der Waals surface area contributed by atoms with Crippen molar-refractivity contribution < 1.29 is 18.2 Å². The van der Waals surface area contributed by atoms with Crippen molar-refractivity contribution in [1.29, 1.82) is 0 Å². The molecule has 2 aliphatic rings. The average molecular weight is 386 g/mol. The van der Waals surface area contributed by atoms with Crippen LogP contribution < -0.4 is 15.8 Å². The van der Waals surface area contributed by atoms with Crippen molar-refractivity contribution in [2.45, 2.75) is 25.8 Å². The van der Waals surface area contributed by atoms with Crippen LogP contribution >= 0.6 is 0 Å². The van der Waals surface area contributed by atoms with E-state index in [1.807, 2.05) is 19.1 Å². The number of hydrogen-bond acceptors (Lipinski definition) is 5. The summed E-state index contributed by atoms with van der Waals surface area (Å²) in [5, 5.41) is 10.3. The number of amides is 3. The Kier molecular flexibility index (Phi) is 4.01. The molecule has 0 aromatic carbocycles. The predicted molar refractivity (Wildman–Crippen MR) is 100 cm³/mol. The zero-order valence-corrected chi connectivity index (χ0v) is 15.6. The second kappa shape index (κ2) is 6.14. The molecule has 9 heteroatoms. The van der Waals surface area contributed by atoms with Crippen molar-refractivity contribution in [2.75, 3.05) is 0 Å². The van der Waals surface area contributed by atoms with Gasteiger partial charge in [-0.05, 0) is 43.0 Å². The molecule has 2 aromatic rings. The molecule has 27 heavy (non-hydrogen) atoms. The van der Waals surface area contributed by atoms with Gasteiger partial charge in [-0.25, -0.2) is 19.1 Å². The smallest absolute Gasteiger partial charge is 0.322 e. The molecule has 4 N–H and O–H groups in total. The Morgan fingerprint density at radius 2 is 2.11 bits per heavy atom. The van der Waals surface area contributed by atoms with Gasteiger partial charge in [0.15, 0.2) is 11.1 Å². The summed E-state index contributed by atoms with van der Waals surface area (Å²) in [6, 6.07) is 4.72. The number of urea groups is 1. The Balaban J connectivity index is 1.71. The lowest BCUT2D eigenvalue weighted by molar-refractivity contribution is -0.124. The molecule has 3 atom stereocenters. The first-order chi connectivity index (χ1) is 12.8. The third-order valence-corrected chi connectivity index (χ3v) is 5.94. The van der Waals surface area contributed by atoms with E-state index < -0.39 is 28.5 Å². The van der Waals surface area contributed by atoms with Crippen molar-refractivity contribution >= 4 is 39.6 Å². The molecule has 3 heterocycles. The van der Waals surface area contributed by atoms with Crippen molar-refractivity contribution in [1.82, 2.24) is 15.6 Å². The lowest BCUT2D eigenvalue weighted by Gasteiger charge is -2.19. The van der Waals surface area contributed by atoms with Crippen molar-refractivity contribution in [3.05, 3.63) is 46.7 Å². The molecule has 140 valence electrons. The highest BCUT2D eigenvalue weighted by molar-refractivity contribution is 7.86. The van der Waals surface area contributed by atoms with Gasteiger partial charge in [-0.3, -0.25) is 10.1 Å². The quantitative estimate of drug-likeness (QED) is 0.693. The normalized spacial score (nSPS) is 26.4. The van der Waals surface area contributed by atoms with Gasteiger partial charge in [0.25, 0.3) is 5.91 Å². The summed E-state index contributed by atoms with van der Waals surface area (Å²) in [4.78, 5) is 28.9. The van der Waals surface area contributed by atoms with Crippen LogP contribution in [-0.2, 0) is 21.3 Å². The van der Waals surface area contributed by atoms with Gasteiger partial charge in [0.05, 0.1) is 5.69 Å². The van der Waals surface area contributed by atoms with E-state index in [9.17, 15) is 13.8 Å². The van der Waals surface area contributed by atoms with Crippen molar-refractivity contribution in [2.24, 2.45) is 11.1 Å². The number of nitrogens with two attached hydrogens (primary N) is 1. The molecule has 1 aliphatic heterocycles. The minimum atomic E-state index is -1.48. The summed E-state index contributed by atoms with van der Waals surface area (Å²) < 4.78 is 17.3. The number of hydrogen-bond donors (Lipinski definition) is 3. The zero-order valence-electron chi connectivity index (χ0n) is 14.7. The number of rotatable bonds is 3. The van der Waals surface area contributed by atoms with Gasteiger partial charge < -0.3 is 9.73 Å². The number of allylic oxidation sites excluding steroid dienone is 4. The highest BCUT2D eigenvalue weighted by Crippen LogP contribution is 2.34. The number of imide groups is 1. The van der Waals surface area contributed by atoms with Gasteiger partial charge in [0, 0.05) is 11.0 Å². The first-order valence-corrected chi connectivity index (χ1v) is 9.61. The van der Waals surface area contributed by atoms with E-state index in [4.69, 9.17) is 9.56 Å². The van der Waals surface area contributed by atoms with E-state index >= 15 is 0 Å². The highest BCUT2D eigenvalue weighted by Gasteiger charge is 2.46. The van der Waals surface area contributed by atoms with Gasteiger partial charge >= 0.3 is 6.03 Å². The predicted octanol–water partition coefficient (Wildman–Crippen LogP) is 1.81. The largest absolute Gasteiger partial charge is 0.456 e. The van der Waals surface area contributed by atoms with Crippen LogP contribution in [0.3, 0.4) is 0 Å². The van der Waals surface area contributed by atoms with E-state index in [0.29, 0.717) is 28.2 Å². The molecule has 0 bridgehead atoms. The van der Waals surface area contributed by atoms with Crippen LogP contribution in [0, 0.1) is 5.92 Å². The summed E-state index contributed by atoms with van der Waals surface area (Å²) in [5.41, 5.74) is 1.61. The number of fused-ring (bicyclic) bond motifs is 1. The number of nitrogens with one attached hydrogen (secondary N) is 2. The zero-order chi connectivity index (χ0) is 19.3. The molecule has 4 rings (SSSR count). The lowest BCUT2D eigenvalue weighted by atomic mass is 9.93. The second-order valence-corrected chi connectivity index (χ2v) is 7.95. The number of carbonyl (C=O) groups is 2. The van der Waals surface area contributed by atoms with Crippen LogP contribution in [-0.4, -0.2) is 21.1 Å². The van der Waals surface area contributed by atoms with E-state index in [0.717, 1.165) is 11.3 Å². The Bertz CT molecular complexity index is 1070. The highest BCUT2D eigenvalue weighted by atomic mass is 32.2.